The standard InChI is InChI=1S/C9H14O2/c1-7(2)6-8-4-3-5-9(10)11-8/h3,5,7-8H,4,6H2,1-2H3. The summed E-state index contributed by atoms with van der Waals surface area (Å²) in [5.74, 6) is 0.404. The van der Waals surface area contributed by atoms with Crippen molar-refractivity contribution >= 4 is 5.97 Å². The summed E-state index contributed by atoms with van der Waals surface area (Å²) in [6, 6.07) is 0. The van der Waals surface area contributed by atoms with Crippen molar-refractivity contribution in [2.75, 3.05) is 0 Å². The lowest BCUT2D eigenvalue weighted by atomic mass is 10.0. The fourth-order valence-electron chi connectivity index (χ4n) is 1.24. The van der Waals surface area contributed by atoms with Crippen LogP contribution in [0.25, 0.3) is 0 Å². The van der Waals surface area contributed by atoms with Gasteiger partial charge in [0.2, 0.25) is 0 Å². The minimum absolute atomic E-state index is 0.118. The molecule has 0 aliphatic carbocycles. The summed E-state index contributed by atoms with van der Waals surface area (Å²) in [6.07, 6.45) is 5.35. The fourth-order valence-corrected chi connectivity index (χ4v) is 1.24. The van der Waals surface area contributed by atoms with Crippen molar-refractivity contribution in [3.05, 3.63) is 12.2 Å². The van der Waals surface area contributed by atoms with Crippen molar-refractivity contribution in [3.63, 3.8) is 0 Å². The van der Waals surface area contributed by atoms with E-state index in [1.807, 2.05) is 6.08 Å². The van der Waals surface area contributed by atoms with Crippen LogP contribution in [0.2, 0.25) is 0 Å². The van der Waals surface area contributed by atoms with E-state index < -0.39 is 0 Å². The number of cyclic esters (lactones) is 1. The summed E-state index contributed by atoms with van der Waals surface area (Å²) < 4.78 is 5.07. The highest BCUT2D eigenvalue weighted by molar-refractivity contribution is 5.82. The first kappa shape index (κ1) is 8.31. The Kier molecular flexibility index (Phi) is 2.69. The van der Waals surface area contributed by atoms with E-state index in [-0.39, 0.29) is 12.1 Å². The first-order valence-electron chi connectivity index (χ1n) is 4.05. The van der Waals surface area contributed by atoms with E-state index in [0.29, 0.717) is 5.92 Å². The van der Waals surface area contributed by atoms with E-state index in [0.717, 1.165) is 12.8 Å². The highest BCUT2D eigenvalue weighted by atomic mass is 16.5. The first-order chi connectivity index (χ1) is 5.18. The zero-order valence-electron chi connectivity index (χ0n) is 7.04. The van der Waals surface area contributed by atoms with E-state index in [2.05, 4.69) is 13.8 Å². The monoisotopic (exact) mass is 154 g/mol. The van der Waals surface area contributed by atoms with Gasteiger partial charge < -0.3 is 4.74 Å². The molecule has 0 saturated carbocycles. The second kappa shape index (κ2) is 3.56. The van der Waals surface area contributed by atoms with Crippen LogP contribution < -0.4 is 0 Å². The molecule has 0 saturated heterocycles. The average molecular weight is 154 g/mol. The van der Waals surface area contributed by atoms with Crippen LogP contribution in [-0.2, 0) is 9.53 Å². The lowest BCUT2D eigenvalue weighted by Gasteiger charge is -2.19. The highest BCUT2D eigenvalue weighted by Crippen LogP contribution is 2.15. The van der Waals surface area contributed by atoms with Crippen molar-refractivity contribution in [2.24, 2.45) is 5.92 Å². The fraction of sp³-hybridized carbons (Fsp3) is 0.667. The van der Waals surface area contributed by atoms with E-state index in [9.17, 15) is 4.79 Å². The number of ether oxygens (including phenoxy) is 1. The van der Waals surface area contributed by atoms with Crippen molar-refractivity contribution in [1.82, 2.24) is 0 Å². The van der Waals surface area contributed by atoms with E-state index >= 15 is 0 Å². The van der Waals surface area contributed by atoms with Crippen LogP contribution in [0.15, 0.2) is 12.2 Å². The van der Waals surface area contributed by atoms with Gasteiger partial charge in [-0.2, -0.15) is 0 Å². The van der Waals surface area contributed by atoms with Gasteiger partial charge in [-0.15, -0.1) is 0 Å². The highest BCUT2D eigenvalue weighted by Gasteiger charge is 2.16. The van der Waals surface area contributed by atoms with Crippen LogP contribution in [-0.4, -0.2) is 12.1 Å². The number of hydrogen-bond donors (Lipinski definition) is 0. The SMILES string of the molecule is CC(C)CC1CC=CC(=O)O1. The molecule has 0 aromatic heterocycles. The molecule has 0 spiro atoms. The Labute approximate surface area is 67.2 Å². The Hall–Kier alpha value is -0.790. The van der Waals surface area contributed by atoms with Gasteiger partial charge in [-0.05, 0) is 12.3 Å². The predicted octanol–water partition coefficient (Wildman–Crippen LogP) is 1.90. The molecule has 1 unspecified atom stereocenters. The lowest BCUT2D eigenvalue weighted by Crippen LogP contribution is -2.21. The number of esters is 1. The Bertz CT molecular complexity index is 170. The second-order valence-corrected chi connectivity index (χ2v) is 3.33. The third-order valence-electron chi connectivity index (χ3n) is 1.67. The zero-order chi connectivity index (χ0) is 8.27. The minimum Gasteiger partial charge on any atom is -0.459 e. The molecule has 1 atom stereocenters. The molecule has 1 aliphatic heterocycles. The van der Waals surface area contributed by atoms with Crippen molar-refractivity contribution in [1.29, 1.82) is 0 Å². The van der Waals surface area contributed by atoms with Crippen molar-refractivity contribution in [2.45, 2.75) is 32.8 Å². The quantitative estimate of drug-likeness (QED) is 0.568. The molecule has 1 rings (SSSR count). The molecule has 0 amide bonds. The van der Waals surface area contributed by atoms with Gasteiger partial charge in [0, 0.05) is 12.5 Å². The molecular formula is C9H14O2. The molecule has 0 fully saturated rings. The molecular weight excluding hydrogens is 140 g/mol. The number of carbonyl (C=O) groups is 1. The Morgan fingerprint density at radius 2 is 2.45 bits per heavy atom. The Morgan fingerprint density at radius 1 is 1.73 bits per heavy atom. The lowest BCUT2D eigenvalue weighted by molar-refractivity contribution is -0.144. The normalized spacial score (nSPS) is 23.9. The molecule has 0 bridgehead atoms. The maximum absolute atomic E-state index is 10.7. The third-order valence-corrected chi connectivity index (χ3v) is 1.67. The second-order valence-electron chi connectivity index (χ2n) is 3.33. The maximum Gasteiger partial charge on any atom is 0.330 e. The van der Waals surface area contributed by atoms with Gasteiger partial charge in [0.05, 0.1) is 0 Å². The summed E-state index contributed by atoms with van der Waals surface area (Å²) in [4.78, 5) is 10.7. The molecule has 2 nitrogen and oxygen atoms in total. The number of hydrogen-bond acceptors (Lipinski definition) is 2. The predicted molar refractivity (Wildman–Crippen MR) is 43.1 cm³/mol. The van der Waals surface area contributed by atoms with Crippen LogP contribution in [0, 0.1) is 5.92 Å². The molecule has 0 aromatic rings. The largest absolute Gasteiger partial charge is 0.459 e. The summed E-state index contributed by atoms with van der Waals surface area (Å²) in [7, 11) is 0. The van der Waals surface area contributed by atoms with Crippen LogP contribution in [0.4, 0.5) is 0 Å². The molecule has 0 radical (unpaired) electrons. The summed E-state index contributed by atoms with van der Waals surface area (Å²) in [5.41, 5.74) is 0. The molecule has 2 heteroatoms. The van der Waals surface area contributed by atoms with Crippen LogP contribution in [0.3, 0.4) is 0 Å². The van der Waals surface area contributed by atoms with Crippen molar-refractivity contribution < 1.29 is 9.53 Å². The van der Waals surface area contributed by atoms with E-state index in [4.69, 9.17) is 4.74 Å². The zero-order valence-corrected chi connectivity index (χ0v) is 7.04. The van der Waals surface area contributed by atoms with Gasteiger partial charge in [-0.25, -0.2) is 4.79 Å². The maximum atomic E-state index is 10.7. The first-order valence-corrected chi connectivity index (χ1v) is 4.05. The molecule has 1 aliphatic rings. The van der Waals surface area contributed by atoms with Gasteiger partial charge in [0.15, 0.2) is 0 Å². The summed E-state index contributed by atoms with van der Waals surface area (Å²) >= 11 is 0. The average Bonchev–Trinajstić information content (AvgIpc) is 1.85. The molecule has 0 aromatic carbocycles. The van der Waals surface area contributed by atoms with Crippen LogP contribution >= 0.6 is 0 Å². The number of carbonyl (C=O) groups excluding carboxylic acids is 1. The van der Waals surface area contributed by atoms with Crippen LogP contribution in [0.1, 0.15) is 26.7 Å². The molecule has 11 heavy (non-hydrogen) atoms. The van der Waals surface area contributed by atoms with Gasteiger partial charge in [0.25, 0.3) is 0 Å². The molecule has 0 N–H and O–H groups in total. The molecule has 62 valence electrons. The molecule has 1 heterocycles. The Morgan fingerprint density at radius 3 is 3.00 bits per heavy atom. The summed E-state index contributed by atoms with van der Waals surface area (Å²) in [6.45, 7) is 4.26. The van der Waals surface area contributed by atoms with Crippen molar-refractivity contribution in [3.8, 4) is 0 Å². The van der Waals surface area contributed by atoms with Gasteiger partial charge >= 0.3 is 5.97 Å². The van der Waals surface area contributed by atoms with Gasteiger partial charge in [-0.1, -0.05) is 19.9 Å². The topological polar surface area (TPSA) is 26.3 Å². The smallest absolute Gasteiger partial charge is 0.330 e. The summed E-state index contributed by atoms with van der Waals surface area (Å²) in [5, 5.41) is 0. The number of rotatable bonds is 2. The van der Waals surface area contributed by atoms with E-state index in [1.54, 1.807) is 0 Å². The third kappa shape index (κ3) is 2.74. The van der Waals surface area contributed by atoms with Crippen LogP contribution in [0.5, 0.6) is 0 Å². The van der Waals surface area contributed by atoms with Gasteiger partial charge in [-0.3, -0.25) is 0 Å². The van der Waals surface area contributed by atoms with Gasteiger partial charge in [0.1, 0.15) is 6.10 Å². The Balaban J connectivity index is 2.37. The minimum atomic E-state index is -0.193. The van der Waals surface area contributed by atoms with E-state index in [1.165, 1.54) is 6.08 Å².